The standard InChI is InChI=1S/C12H14N2O4/c13-11(16)8-3-5-14(6-4-8)12(17)9-1-2-10(15)18-7-9/h1-2,7-8H,3-6H2,(H2,13,16). The Hall–Kier alpha value is -2.11. The molecule has 96 valence electrons. The fraction of sp³-hybridized carbons (Fsp3) is 0.417. The van der Waals surface area contributed by atoms with Crippen LogP contribution in [0.25, 0.3) is 0 Å². The average molecular weight is 250 g/mol. The number of primary amides is 1. The summed E-state index contributed by atoms with van der Waals surface area (Å²) in [5, 5.41) is 0. The molecule has 2 amide bonds. The predicted octanol–water partition coefficient (Wildman–Crippen LogP) is -0.0227. The molecule has 2 rings (SSSR count). The van der Waals surface area contributed by atoms with Gasteiger partial charge < -0.3 is 15.1 Å². The molecule has 0 atom stereocenters. The molecule has 1 saturated heterocycles. The molecule has 0 aromatic carbocycles. The molecule has 1 aliphatic heterocycles. The Morgan fingerprint density at radius 2 is 1.94 bits per heavy atom. The Bertz CT molecular complexity index is 495. The second-order valence-corrected chi connectivity index (χ2v) is 4.31. The monoisotopic (exact) mass is 250 g/mol. The van der Waals surface area contributed by atoms with Gasteiger partial charge in [0.15, 0.2) is 0 Å². The van der Waals surface area contributed by atoms with Crippen LogP contribution in [0.2, 0.25) is 0 Å². The number of likely N-dealkylation sites (tertiary alicyclic amines) is 1. The highest BCUT2D eigenvalue weighted by Crippen LogP contribution is 2.18. The van der Waals surface area contributed by atoms with Gasteiger partial charge in [0.2, 0.25) is 5.91 Å². The molecule has 18 heavy (non-hydrogen) atoms. The number of piperidine rings is 1. The van der Waals surface area contributed by atoms with Gasteiger partial charge in [-0.1, -0.05) is 0 Å². The number of hydrogen-bond donors (Lipinski definition) is 1. The lowest BCUT2D eigenvalue weighted by atomic mass is 9.96. The van der Waals surface area contributed by atoms with Crippen molar-refractivity contribution in [1.82, 2.24) is 4.90 Å². The molecule has 2 N–H and O–H groups in total. The van der Waals surface area contributed by atoms with Gasteiger partial charge in [-0.25, -0.2) is 4.79 Å². The maximum atomic E-state index is 12.0. The molecular formula is C12H14N2O4. The van der Waals surface area contributed by atoms with Crippen molar-refractivity contribution in [2.45, 2.75) is 12.8 Å². The maximum Gasteiger partial charge on any atom is 0.335 e. The zero-order valence-corrected chi connectivity index (χ0v) is 9.80. The molecule has 1 aromatic heterocycles. The quantitative estimate of drug-likeness (QED) is 0.798. The topological polar surface area (TPSA) is 93.6 Å². The number of carbonyl (C=O) groups is 2. The molecule has 0 aliphatic carbocycles. The number of nitrogens with zero attached hydrogens (tertiary/aromatic N) is 1. The average Bonchev–Trinajstić information content (AvgIpc) is 2.39. The van der Waals surface area contributed by atoms with Gasteiger partial charge in [0.25, 0.3) is 5.91 Å². The Labute approximate surface area is 103 Å². The van der Waals surface area contributed by atoms with Gasteiger partial charge in [-0.05, 0) is 18.9 Å². The van der Waals surface area contributed by atoms with E-state index in [-0.39, 0.29) is 17.7 Å². The minimum absolute atomic E-state index is 0.150. The second kappa shape index (κ2) is 5.03. The van der Waals surface area contributed by atoms with Crippen LogP contribution in [0.3, 0.4) is 0 Å². The maximum absolute atomic E-state index is 12.0. The third-order valence-corrected chi connectivity index (χ3v) is 3.13. The van der Waals surface area contributed by atoms with E-state index >= 15 is 0 Å². The Morgan fingerprint density at radius 3 is 2.44 bits per heavy atom. The minimum Gasteiger partial charge on any atom is -0.430 e. The number of amides is 2. The third-order valence-electron chi connectivity index (χ3n) is 3.13. The smallest absolute Gasteiger partial charge is 0.335 e. The van der Waals surface area contributed by atoms with E-state index in [0.717, 1.165) is 6.26 Å². The highest BCUT2D eigenvalue weighted by atomic mass is 16.4. The van der Waals surface area contributed by atoms with E-state index in [9.17, 15) is 14.4 Å². The summed E-state index contributed by atoms with van der Waals surface area (Å²) in [5.74, 6) is -0.655. The van der Waals surface area contributed by atoms with Crippen LogP contribution in [0.4, 0.5) is 0 Å². The largest absolute Gasteiger partial charge is 0.430 e. The molecule has 6 nitrogen and oxygen atoms in total. The van der Waals surface area contributed by atoms with Crippen molar-refractivity contribution in [2.24, 2.45) is 11.7 Å². The lowest BCUT2D eigenvalue weighted by Gasteiger charge is -2.30. The summed E-state index contributed by atoms with van der Waals surface area (Å²) in [7, 11) is 0. The van der Waals surface area contributed by atoms with E-state index in [1.54, 1.807) is 4.90 Å². The van der Waals surface area contributed by atoms with Crippen molar-refractivity contribution in [3.8, 4) is 0 Å². The first kappa shape index (κ1) is 12.3. The van der Waals surface area contributed by atoms with Gasteiger partial charge in [0, 0.05) is 25.1 Å². The van der Waals surface area contributed by atoms with Crippen LogP contribution in [-0.4, -0.2) is 29.8 Å². The van der Waals surface area contributed by atoms with Crippen LogP contribution < -0.4 is 11.4 Å². The summed E-state index contributed by atoms with van der Waals surface area (Å²) < 4.78 is 4.65. The van der Waals surface area contributed by atoms with Crippen molar-refractivity contribution in [1.29, 1.82) is 0 Å². The van der Waals surface area contributed by atoms with Crippen LogP contribution in [0, 0.1) is 5.92 Å². The normalized spacial score (nSPS) is 16.6. The zero-order chi connectivity index (χ0) is 13.1. The fourth-order valence-electron chi connectivity index (χ4n) is 2.03. The SMILES string of the molecule is NC(=O)C1CCN(C(=O)c2ccc(=O)oc2)CC1. The molecular weight excluding hydrogens is 236 g/mol. The number of carbonyl (C=O) groups excluding carboxylic acids is 2. The molecule has 0 radical (unpaired) electrons. The fourth-order valence-corrected chi connectivity index (χ4v) is 2.03. The lowest BCUT2D eigenvalue weighted by molar-refractivity contribution is -0.123. The molecule has 0 unspecified atom stereocenters. The molecule has 1 fully saturated rings. The van der Waals surface area contributed by atoms with Gasteiger partial charge in [-0.3, -0.25) is 9.59 Å². The highest BCUT2D eigenvalue weighted by molar-refractivity contribution is 5.93. The summed E-state index contributed by atoms with van der Waals surface area (Å²) in [5.41, 5.74) is 5.08. The summed E-state index contributed by atoms with van der Waals surface area (Å²) in [4.78, 5) is 35.5. The molecule has 0 saturated carbocycles. The van der Waals surface area contributed by atoms with E-state index < -0.39 is 5.63 Å². The Kier molecular flexibility index (Phi) is 3.45. The molecule has 0 spiro atoms. The van der Waals surface area contributed by atoms with Gasteiger partial charge in [0.05, 0.1) is 5.56 Å². The van der Waals surface area contributed by atoms with Crippen LogP contribution in [0.5, 0.6) is 0 Å². The number of rotatable bonds is 2. The van der Waals surface area contributed by atoms with Crippen LogP contribution in [0.15, 0.2) is 27.6 Å². The summed E-state index contributed by atoms with van der Waals surface area (Å²) in [6, 6.07) is 2.65. The zero-order valence-electron chi connectivity index (χ0n) is 9.80. The van der Waals surface area contributed by atoms with E-state index in [2.05, 4.69) is 4.42 Å². The summed E-state index contributed by atoms with van der Waals surface area (Å²) in [6.45, 7) is 0.983. The summed E-state index contributed by atoms with van der Waals surface area (Å²) in [6.07, 6.45) is 2.32. The van der Waals surface area contributed by atoms with Crippen molar-refractivity contribution in [3.05, 3.63) is 34.4 Å². The Balaban J connectivity index is 2.01. The highest BCUT2D eigenvalue weighted by Gasteiger charge is 2.26. The van der Waals surface area contributed by atoms with E-state index in [1.807, 2.05) is 0 Å². The van der Waals surface area contributed by atoms with Gasteiger partial charge in [-0.15, -0.1) is 0 Å². The van der Waals surface area contributed by atoms with E-state index in [0.29, 0.717) is 31.5 Å². The first-order valence-corrected chi connectivity index (χ1v) is 5.75. The molecule has 6 heteroatoms. The molecule has 2 heterocycles. The molecule has 1 aliphatic rings. The molecule has 1 aromatic rings. The lowest BCUT2D eigenvalue weighted by Crippen LogP contribution is -2.41. The first-order chi connectivity index (χ1) is 8.58. The van der Waals surface area contributed by atoms with Gasteiger partial charge in [-0.2, -0.15) is 0 Å². The summed E-state index contributed by atoms with van der Waals surface area (Å²) >= 11 is 0. The number of nitrogens with two attached hydrogens (primary N) is 1. The van der Waals surface area contributed by atoms with E-state index in [4.69, 9.17) is 5.73 Å². The van der Waals surface area contributed by atoms with Crippen molar-refractivity contribution < 1.29 is 14.0 Å². The minimum atomic E-state index is -0.487. The predicted molar refractivity (Wildman–Crippen MR) is 62.8 cm³/mol. The van der Waals surface area contributed by atoms with Crippen LogP contribution >= 0.6 is 0 Å². The van der Waals surface area contributed by atoms with Crippen molar-refractivity contribution >= 4 is 11.8 Å². The Morgan fingerprint density at radius 1 is 1.28 bits per heavy atom. The van der Waals surface area contributed by atoms with E-state index in [1.165, 1.54) is 12.1 Å². The van der Waals surface area contributed by atoms with Crippen LogP contribution in [0.1, 0.15) is 23.2 Å². The number of hydrogen-bond acceptors (Lipinski definition) is 4. The molecule has 0 bridgehead atoms. The first-order valence-electron chi connectivity index (χ1n) is 5.75. The van der Waals surface area contributed by atoms with Gasteiger partial charge >= 0.3 is 5.63 Å². The van der Waals surface area contributed by atoms with Gasteiger partial charge in [0.1, 0.15) is 6.26 Å². The van der Waals surface area contributed by atoms with Crippen molar-refractivity contribution in [3.63, 3.8) is 0 Å². The third kappa shape index (κ3) is 2.58. The van der Waals surface area contributed by atoms with Crippen LogP contribution in [-0.2, 0) is 4.79 Å². The second-order valence-electron chi connectivity index (χ2n) is 4.31. The van der Waals surface area contributed by atoms with Crippen molar-refractivity contribution in [2.75, 3.05) is 13.1 Å².